The highest BCUT2D eigenvalue weighted by Gasteiger charge is 2.22. The van der Waals surface area contributed by atoms with Crippen molar-refractivity contribution in [2.45, 2.75) is 36.2 Å². The summed E-state index contributed by atoms with van der Waals surface area (Å²) >= 11 is 1.62. The smallest absolute Gasteiger partial charge is 0.190 e. The first kappa shape index (κ1) is 12.5. The Bertz CT molecular complexity index is 313. The lowest BCUT2D eigenvalue weighted by atomic mass is 9.99. The van der Waals surface area contributed by atoms with Gasteiger partial charge in [0, 0.05) is 17.8 Å². The van der Waals surface area contributed by atoms with E-state index in [2.05, 4.69) is 17.1 Å². The topological polar surface area (TPSA) is 77.0 Å². The van der Waals surface area contributed by atoms with E-state index >= 15 is 0 Å². The number of aliphatic hydroxyl groups excluding tert-OH is 1. The number of hydrogen-bond donors (Lipinski definition) is 2. The molecule has 0 bridgehead atoms. The molecule has 0 saturated heterocycles. The lowest BCUT2D eigenvalue weighted by Crippen LogP contribution is -2.42. The van der Waals surface area contributed by atoms with Crippen LogP contribution >= 0.6 is 11.8 Å². The second kappa shape index (κ2) is 4.96. The zero-order valence-electron chi connectivity index (χ0n) is 9.34. The molecule has 1 aromatic rings. The van der Waals surface area contributed by atoms with Crippen LogP contribution in [0.15, 0.2) is 11.5 Å². The Morgan fingerprint density at radius 3 is 2.87 bits per heavy atom. The standard InChI is InChI=1S/C9H18N4OS/c1-7(4-9(2,10)5-14)15-8-12-11-6-13(8)3/h6-7,14H,4-5,10H2,1-3H3. The van der Waals surface area contributed by atoms with Crippen molar-refractivity contribution in [2.75, 3.05) is 6.61 Å². The first-order valence-electron chi connectivity index (χ1n) is 4.85. The molecule has 5 nitrogen and oxygen atoms in total. The minimum atomic E-state index is -0.523. The molecule has 1 rings (SSSR count). The predicted octanol–water partition coefficient (Wildman–Crippen LogP) is 0.395. The zero-order chi connectivity index (χ0) is 11.5. The molecule has 1 heterocycles. The molecular formula is C9H18N4OS. The molecule has 2 unspecified atom stereocenters. The molecule has 2 atom stereocenters. The fourth-order valence-electron chi connectivity index (χ4n) is 1.32. The number of rotatable bonds is 5. The van der Waals surface area contributed by atoms with E-state index in [1.54, 1.807) is 18.1 Å². The Morgan fingerprint density at radius 2 is 2.40 bits per heavy atom. The molecule has 0 saturated carbocycles. The second-order valence-corrected chi connectivity index (χ2v) is 5.57. The number of thioether (sulfide) groups is 1. The summed E-state index contributed by atoms with van der Waals surface area (Å²) in [6, 6.07) is 0. The largest absolute Gasteiger partial charge is 0.394 e. The van der Waals surface area contributed by atoms with Crippen LogP contribution in [-0.4, -0.2) is 37.3 Å². The Morgan fingerprint density at radius 1 is 1.73 bits per heavy atom. The van der Waals surface area contributed by atoms with E-state index < -0.39 is 5.54 Å². The maximum atomic E-state index is 9.06. The number of nitrogens with zero attached hydrogens (tertiary/aromatic N) is 3. The molecule has 0 spiro atoms. The van der Waals surface area contributed by atoms with E-state index in [-0.39, 0.29) is 6.61 Å². The molecule has 0 fully saturated rings. The SMILES string of the molecule is CC(CC(C)(N)CO)Sc1nncn1C. The first-order chi connectivity index (χ1) is 6.94. The van der Waals surface area contributed by atoms with Crippen LogP contribution in [0.5, 0.6) is 0 Å². The van der Waals surface area contributed by atoms with Crippen molar-refractivity contribution in [1.29, 1.82) is 0 Å². The quantitative estimate of drug-likeness (QED) is 0.716. The van der Waals surface area contributed by atoms with E-state index in [0.717, 1.165) is 11.6 Å². The number of aromatic nitrogens is 3. The van der Waals surface area contributed by atoms with E-state index in [1.165, 1.54) is 0 Å². The average molecular weight is 230 g/mol. The first-order valence-corrected chi connectivity index (χ1v) is 5.73. The van der Waals surface area contributed by atoms with E-state index in [4.69, 9.17) is 10.8 Å². The van der Waals surface area contributed by atoms with Gasteiger partial charge < -0.3 is 15.4 Å². The van der Waals surface area contributed by atoms with Crippen LogP contribution in [0.3, 0.4) is 0 Å². The van der Waals surface area contributed by atoms with Gasteiger partial charge in [0.1, 0.15) is 6.33 Å². The van der Waals surface area contributed by atoms with Crippen LogP contribution in [0.2, 0.25) is 0 Å². The van der Waals surface area contributed by atoms with Crippen molar-refractivity contribution in [3.63, 3.8) is 0 Å². The summed E-state index contributed by atoms with van der Waals surface area (Å²) in [6.07, 6.45) is 2.41. The summed E-state index contributed by atoms with van der Waals surface area (Å²) in [5, 5.41) is 18.0. The summed E-state index contributed by atoms with van der Waals surface area (Å²) in [6.45, 7) is 3.91. The molecule has 0 aliphatic heterocycles. The highest BCUT2D eigenvalue weighted by molar-refractivity contribution is 7.99. The van der Waals surface area contributed by atoms with E-state index in [1.807, 2.05) is 18.5 Å². The lowest BCUT2D eigenvalue weighted by Gasteiger charge is -2.24. The Labute approximate surface area is 94.1 Å². The van der Waals surface area contributed by atoms with Gasteiger partial charge in [0.2, 0.25) is 0 Å². The van der Waals surface area contributed by atoms with Crippen molar-refractivity contribution in [3.05, 3.63) is 6.33 Å². The van der Waals surface area contributed by atoms with Gasteiger partial charge in [0.05, 0.1) is 6.61 Å². The third-order valence-corrected chi connectivity index (χ3v) is 3.24. The molecule has 86 valence electrons. The minimum absolute atomic E-state index is 0.00326. The number of nitrogens with two attached hydrogens (primary N) is 1. The van der Waals surface area contributed by atoms with Gasteiger partial charge in [-0.3, -0.25) is 0 Å². The van der Waals surface area contributed by atoms with Crippen LogP contribution in [0.25, 0.3) is 0 Å². The summed E-state index contributed by atoms with van der Waals surface area (Å²) in [5.74, 6) is 0. The van der Waals surface area contributed by atoms with E-state index in [0.29, 0.717) is 5.25 Å². The average Bonchev–Trinajstić information content (AvgIpc) is 2.51. The third kappa shape index (κ3) is 3.81. The van der Waals surface area contributed by atoms with Gasteiger partial charge in [-0.15, -0.1) is 10.2 Å². The van der Waals surface area contributed by atoms with Crippen molar-refractivity contribution in [3.8, 4) is 0 Å². The molecule has 0 aliphatic rings. The minimum Gasteiger partial charge on any atom is -0.394 e. The van der Waals surface area contributed by atoms with Crippen LogP contribution in [0.1, 0.15) is 20.3 Å². The fraction of sp³-hybridized carbons (Fsp3) is 0.778. The molecule has 0 radical (unpaired) electrons. The van der Waals surface area contributed by atoms with Gasteiger partial charge in [-0.25, -0.2) is 0 Å². The predicted molar refractivity (Wildman–Crippen MR) is 60.6 cm³/mol. The highest BCUT2D eigenvalue weighted by Crippen LogP contribution is 2.25. The molecule has 15 heavy (non-hydrogen) atoms. The summed E-state index contributed by atoms with van der Waals surface area (Å²) < 4.78 is 1.87. The Hall–Kier alpha value is -0.590. The van der Waals surface area contributed by atoms with Gasteiger partial charge in [0.15, 0.2) is 5.16 Å². The Kier molecular flexibility index (Phi) is 4.12. The van der Waals surface area contributed by atoms with Crippen LogP contribution in [0, 0.1) is 0 Å². The van der Waals surface area contributed by atoms with Crippen molar-refractivity contribution in [1.82, 2.24) is 14.8 Å². The van der Waals surface area contributed by atoms with Crippen molar-refractivity contribution in [2.24, 2.45) is 12.8 Å². The number of hydrogen-bond acceptors (Lipinski definition) is 5. The van der Waals surface area contributed by atoms with Crippen molar-refractivity contribution >= 4 is 11.8 Å². The van der Waals surface area contributed by atoms with Gasteiger partial charge in [0.25, 0.3) is 0 Å². The van der Waals surface area contributed by atoms with Crippen LogP contribution in [-0.2, 0) is 7.05 Å². The molecular weight excluding hydrogens is 212 g/mol. The van der Waals surface area contributed by atoms with Crippen LogP contribution in [0.4, 0.5) is 0 Å². The summed E-state index contributed by atoms with van der Waals surface area (Å²) in [5.41, 5.74) is 5.35. The van der Waals surface area contributed by atoms with E-state index in [9.17, 15) is 0 Å². The normalized spacial score (nSPS) is 17.4. The van der Waals surface area contributed by atoms with Gasteiger partial charge in [-0.1, -0.05) is 18.7 Å². The fourth-order valence-corrected chi connectivity index (χ4v) is 2.45. The highest BCUT2D eigenvalue weighted by atomic mass is 32.2. The lowest BCUT2D eigenvalue weighted by molar-refractivity contribution is 0.201. The zero-order valence-corrected chi connectivity index (χ0v) is 10.2. The molecule has 1 aromatic heterocycles. The number of aryl methyl sites for hydroxylation is 1. The van der Waals surface area contributed by atoms with Crippen LogP contribution < -0.4 is 5.73 Å². The third-order valence-electron chi connectivity index (χ3n) is 2.09. The maximum absolute atomic E-state index is 9.06. The van der Waals surface area contributed by atoms with Gasteiger partial charge in [-0.05, 0) is 13.3 Å². The Balaban J connectivity index is 2.50. The second-order valence-electron chi connectivity index (χ2n) is 4.17. The molecule has 3 N–H and O–H groups in total. The molecule has 0 amide bonds. The van der Waals surface area contributed by atoms with Gasteiger partial charge >= 0.3 is 0 Å². The number of aliphatic hydroxyl groups is 1. The molecule has 0 aromatic carbocycles. The summed E-state index contributed by atoms with van der Waals surface area (Å²) in [7, 11) is 1.91. The monoisotopic (exact) mass is 230 g/mol. The molecule has 0 aliphatic carbocycles. The maximum Gasteiger partial charge on any atom is 0.190 e. The summed E-state index contributed by atoms with van der Waals surface area (Å²) in [4.78, 5) is 0. The van der Waals surface area contributed by atoms with Gasteiger partial charge in [-0.2, -0.15) is 0 Å². The molecule has 6 heteroatoms. The van der Waals surface area contributed by atoms with Crippen molar-refractivity contribution < 1.29 is 5.11 Å².